The molecule has 116 valence electrons. The molecule has 0 saturated heterocycles. The van der Waals surface area contributed by atoms with Crippen LogP contribution in [-0.2, 0) is 4.79 Å². The van der Waals surface area contributed by atoms with Crippen LogP contribution in [0.1, 0.15) is 18.5 Å². The number of fused-ring (bicyclic) bond motifs is 2. The minimum absolute atomic E-state index is 0.0251. The van der Waals surface area contributed by atoms with Crippen LogP contribution in [-0.4, -0.2) is 22.5 Å². The second-order valence-electron chi connectivity index (χ2n) is 5.32. The van der Waals surface area contributed by atoms with Crippen molar-refractivity contribution in [3.05, 3.63) is 41.5 Å². The number of rotatable bonds is 3. The Bertz CT molecular complexity index is 893. The van der Waals surface area contributed by atoms with E-state index in [0.29, 0.717) is 11.4 Å². The molecule has 0 radical (unpaired) electrons. The number of hydrogen-bond donors (Lipinski definition) is 2. The van der Waals surface area contributed by atoms with E-state index < -0.39 is 0 Å². The average molecular weight is 326 g/mol. The van der Waals surface area contributed by atoms with E-state index in [4.69, 9.17) is 4.74 Å². The Morgan fingerprint density at radius 1 is 1.35 bits per heavy atom. The standard InChI is InChI=1S/C16H14N4O2S/c1-9(19-15-11-4-5-23-16(11)18-8-17-15)10-2-3-13-12(6-10)20-14(21)7-22-13/h2-6,8-9H,7H2,1H3,(H,20,21)(H,17,18,19)/t9-/m0/s1. The van der Waals surface area contributed by atoms with Gasteiger partial charge in [0.05, 0.1) is 17.1 Å². The summed E-state index contributed by atoms with van der Waals surface area (Å²) in [7, 11) is 0. The Morgan fingerprint density at radius 3 is 3.17 bits per heavy atom. The zero-order chi connectivity index (χ0) is 15.8. The molecule has 1 atom stereocenters. The Hall–Kier alpha value is -2.67. The number of carbonyl (C=O) groups excluding carboxylic acids is 1. The van der Waals surface area contributed by atoms with E-state index >= 15 is 0 Å². The number of hydrogen-bond acceptors (Lipinski definition) is 6. The van der Waals surface area contributed by atoms with Gasteiger partial charge in [0.15, 0.2) is 6.61 Å². The molecular weight excluding hydrogens is 312 g/mol. The van der Waals surface area contributed by atoms with Gasteiger partial charge in [0.2, 0.25) is 0 Å². The number of anilines is 2. The molecule has 6 nitrogen and oxygen atoms in total. The van der Waals surface area contributed by atoms with Crippen LogP contribution in [0.3, 0.4) is 0 Å². The fourth-order valence-corrected chi connectivity index (χ4v) is 3.30. The van der Waals surface area contributed by atoms with Gasteiger partial charge < -0.3 is 15.4 Å². The summed E-state index contributed by atoms with van der Waals surface area (Å²) in [6.45, 7) is 2.12. The Balaban J connectivity index is 1.62. The zero-order valence-electron chi connectivity index (χ0n) is 12.4. The summed E-state index contributed by atoms with van der Waals surface area (Å²) in [4.78, 5) is 21.0. The van der Waals surface area contributed by atoms with E-state index in [1.54, 1.807) is 17.7 Å². The number of carbonyl (C=O) groups is 1. The molecule has 2 aromatic heterocycles. The highest BCUT2D eigenvalue weighted by Gasteiger charge is 2.18. The minimum atomic E-state index is -0.133. The van der Waals surface area contributed by atoms with Crippen LogP contribution >= 0.6 is 11.3 Å². The molecule has 1 aromatic carbocycles. The maximum absolute atomic E-state index is 11.4. The molecule has 7 heteroatoms. The van der Waals surface area contributed by atoms with E-state index in [0.717, 1.165) is 21.6 Å². The van der Waals surface area contributed by atoms with Gasteiger partial charge in [-0.2, -0.15) is 0 Å². The fourth-order valence-electron chi connectivity index (χ4n) is 2.56. The highest BCUT2D eigenvalue weighted by Crippen LogP contribution is 2.32. The average Bonchev–Trinajstić information content (AvgIpc) is 3.03. The highest BCUT2D eigenvalue weighted by molar-refractivity contribution is 7.16. The maximum atomic E-state index is 11.4. The van der Waals surface area contributed by atoms with Gasteiger partial charge in [0, 0.05) is 0 Å². The summed E-state index contributed by atoms with van der Waals surface area (Å²) < 4.78 is 5.38. The van der Waals surface area contributed by atoms with Crippen molar-refractivity contribution in [3.63, 3.8) is 0 Å². The third-order valence-corrected chi connectivity index (χ3v) is 4.57. The first-order valence-corrected chi connectivity index (χ1v) is 8.10. The molecule has 0 spiro atoms. The number of benzene rings is 1. The third kappa shape index (κ3) is 2.59. The lowest BCUT2D eigenvalue weighted by Crippen LogP contribution is -2.25. The first-order valence-electron chi connectivity index (χ1n) is 7.22. The number of nitrogens with one attached hydrogen (secondary N) is 2. The summed E-state index contributed by atoms with van der Waals surface area (Å²) in [5.74, 6) is 1.37. The molecule has 23 heavy (non-hydrogen) atoms. The smallest absolute Gasteiger partial charge is 0.262 e. The summed E-state index contributed by atoms with van der Waals surface area (Å²) in [6, 6.07) is 7.83. The molecule has 0 aliphatic carbocycles. The first-order chi connectivity index (χ1) is 11.2. The third-order valence-electron chi connectivity index (χ3n) is 3.75. The van der Waals surface area contributed by atoms with Crippen molar-refractivity contribution < 1.29 is 9.53 Å². The molecule has 3 heterocycles. The first kappa shape index (κ1) is 14.0. The monoisotopic (exact) mass is 326 g/mol. The predicted octanol–water partition coefficient (Wildman–Crippen LogP) is 3.20. The Morgan fingerprint density at radius 2 is 2.26 bits per heavy atom. The van der Waals surface area contributed by atoms with Gasteiger partial charge in [0.1, 0.15) is 22.7 Å². The van der Waals surface area contributed by atoms with E-state index in [-0.39, 0.29) is 18.6 Å². The highest BCUT2D eigenvalue weighted by atomic mass is 32.1. The van der Waals surface area contributed by atoms with Gasteiger partial charge in [-0.15, -0.1) is 11.3 Å². The van der Waals surface area contributed by atoms with Crippen LogP contribution in [0.5, 0.6) is 5.75 Å². The molecule has 0 unspecified atom stereocenters. The molecule has 1 aliphatic rings. The van der Waals surface area contributed by atoms with Crippen molar-refractivity contribution in [2.24, 2.45) is 0 Å². The summed E-state index contributed by atoms with van der Waals surface area (Å²) in [5.41, 5.74) is 1.74. The van der Waals surface area contributed by atoms with Crippen molar-refractivity contribution in [3.8, 4) is 5.75 Å². The number of aromatic nitrogens is 2. The molecular formula is C16H14N4O2S. The quantitative estimate of drug-likeness (QED) is 0.773. The van der Waals surface area contributed by atoms with Crippen molar-refractivity contribution in [1.82, 2.24) is 9.97 Å². The molecule has 0 fully saturated rings. The van der Waals surface area contributed by atoms with E-state index in [1.165, 1.54) is 0 Å². The van der Waals surface area contributed by atoms with Crippen LogP contribution in [0.15, 0.2) is 36.0 Å². The lowest BCUT2D eigenvalue weighted by molar-refractivity contribution is -0.118. The van der Waals surface area contributed by atoms with Crippen LogP contribution in [0.25, 0.3) is 10.2 Å². The molecule has 2 N–H and O–H groups in total. The number of ether oxygens (including phenoxy) is 1. The van der Waals surface area contributed by atoms with E-state index in [1.807, 2.05) is 36.6 Å². The zero-order valence-corrected chi connectivity index (χ0v) is 13.2. The molecule has 0 bridgehead atoms. The Kier molecular flexibility index (Phi) is 3.34. The van der Waals surface area contributed by atoms with Gasteiger partial charge in [-0.25, -0.2) is 9.97 Å². The number of nitrogens with zero attached hydrogens (tertiary/aromatic N) is 2. The van der Waals surface area contributed by atoms with Crippen molar-refractivity contribution in [2.45, 2.75) is 13.0 Å². The van der Waals surface area contributed by atoms with Gasteiger partial charge in [-0.3, -0.25) is 4.79 Å². The fraction of sp³-hybridized carbons (Fsp3) is 0.188. The van der Waals surface area contributed by atoms with Crippen LogP contribution in [0, 0.1) is 0 Å². The summed E-state index contributed by atoms with van der Waals surface area (Å²) in [6.07, 6.45) is 1.56. The number of amides is 1. The van der Waals surface area contributed by atoms with Crippen LogP contribution in [0.2, 0.25) is 0 Å². The van der Waals surface area contributed by atoms with E-state index in [2.05, 4.69) is 20.6 Å². The summed E-state index contributed by atoms with van der Waals surface area (Å²) >= 11 is 1.59. The van der Waals surface area contributed by atoms with Gasteiger partial charge in [-0.1, -0.05) is 6.07 Å². The van der Waals surface area contributed by atoms with Crippen LogP contribution < -0.4 is 15.4 Å². The largest absolute Gasteiger partial charge is 0.482 e. The van der Waals surface area contributed by atoms with Crippen LogP contribution in [0.4, 0.5) is 11.5 Å². The lowest BCUT2D eigenvalue weighted by Gasteiger charge is -2.21. The lowest BCUT2D eigenvalue weighted by atomic mass is 10.1. The van der Waals surface area contributed by atoms with Gasteiger partial charge in [-0.05, 0) is 36.1 Å². The second kappa shape index (κ2) is 5.51. The number of thiophene rings is 1. The predicted molar refractivity (Wildman–Crippen MR) is 90.0 cm³/mol. The Labute approximate surface area is 136 Å². The normalized spacial score (nSPS) is 14.7. The van der Waals surface area contributed by atoms with Crippen molar-refractivity contribution >= 4 is 39.0 Å². The van der Waals surface area contributed by atoms with Crippen molar-refractivity contribution in [1.29, 1.82) is 0 Å². The van der Waals surface area contributed by atoms with Gasteiger partial charge >= 0.3 is 0 Å². The molecule has 1 aliphatic heterocycles. The topological polar surface area (TPSA) is 76.1 Å². The summed E-state index contributed by atoms with van der Waals surface area (Å²) in [5, 5.41) is 9.25. The molecule has 0 saturated carbocycles. The SMILES string of the molecule is C[C@H](Nc1ncnc2sccc12)c1ccc2c(c1)NC(=O)CO2. The van der Waals surface area contributed by atoms with Gasteiger partial charge in [0.25, 0.3) is 5.91 Å². The van der Waals surface area contributed by atoms with Crippen molar-refractivity contribution in [2.75, 3.05) is 17.2 Å². The maximum Gasteiger partial charge on any atom is 0.262 e. The second-order valence-corrected chi connectivity index (χ2v) is 6.21. The molecule has 4 rings (SSSR count). The molecule has 1 amide bonds. The van der Waals surface area contributed by atoms with E-state index in [9.17, 15) is 4.79 Å². The minimum Gasteiger partial charge on any atom is -0.482 e. The molecule has 3 aromatic rings.